The minimum atomic E-state index is -4.60. The molecule has 2 aromatic rings. The molecular formula is C18H17F3N6O3. The fourth-order valence-corrected chi connectivity index (χ4v) is 3.10. The van der Waals surface area contributed by atoms with Crippen LogP contribution in [-0.2, 0) is 11.0 Å². The highest BCUT2D eigenvalue weighted by Gasteiger charge is 2.39. The number of likely N-dealkylation sites (N-methyl/N-ethyl adjacent to an activating group) is 1. The van der Waals surface area contributed by atoms with Crippen molar-refractivity contribution >= 4 is 18.1 Å². The van der Waals surface area contributed by atoms with Crippen molar-refractivity contribution in [1.82, 2.24) is 29.5 Å². The Kier molecular flexibility index (Phi) is 4.80. The van der Waals surface area contributed by atoms with Crippen molar-refractivity contribution in [2.45, 2.75) is 24.9 Å². The number of nitrogens with zero attached hydrogens (tertiary/aromatic N) is 6. The van der Waals surface area contributed by atoms with Crippen molar-refractivity contribution in [3.05, 3.63) is 35.5 Å². The summed E-state index contributed by atoms with van der Waals surface area (Å²) in [6, 6.07) is 1.83. The van der Waals surface area contributed by atoms with E-state index < -0.39 is 23.8 Å². The van der Waals surface area contributed by atoms with Crippen LogP contribution in [0.5, 0.6) is 0 Å². The molecule has 1 saturated carbocycles. The number of aromatic nitrogens is 4. The molecular weight excluding hydrogens is 405 g/mol. The summed E-state index contributed by atoms with van der Waals surface area (Å²) < 4.78 is 40.8. The molecule has 9 nitrogen and oxygen atoms in total. The van der Waals surface area contributed by atoms with Crippen molar-refractivity contribution in [3.63, 3.8) is 0 Å². The Morgan fingerprint density at radius 1 is 1.27 bits per heavy atom. The van der Waals surface area contributed by atoms with Gasteiger partial charge in [-0.05, 0) is 25.0 Å². The second-order valence-electron chi connectivity index (χ2n) is 7.02. The first kappa shape index (κ1) is 20.0. The lowest BCUT2D eigenvalue weighted by molar-refractivity contribution is -0.141. The van der Waals surface area contributed by atoms with Crippen LogP contribution in [0.15, 0.2) is 24.2 Å². The van der Waals surface area contributed by atoms with E-state index in [1.165, 1.54) is 19.6 Å². The van der Waals surface area contributed by atoms with Gasteiger partial charge in [-0.2, -0.15) is 13.2 Å². The van der Waals surface area contributed by atoms with E-state index in [2.05, 4.69) is 15.1 Å². The molecule has 0 spiro atoms. The molecule has 0 aromatic carbocycles. The van der Waals surface area contributed by atoms with Crippen molar-refractivity contribution in [2.75, 3.05) is 20.2 Å². The Hall–Kier alpha value is -3.28. The lowest BCUT2D eigenvalue weighted by Gasteiger charge is -2.10. The summed E-state index contributed by atoms with van der Waals surface area (Å²) in [5.74, 6) is -0.579. The van der Waals surface area contributed by atoms with Gasteiger partial charge in [0.2, 0.25) is 0 Å². The number of alkyl halides is 3. The van der Waals surface area contributed by atoms with Gasteiger partial charge in [-0.1, -0.05) is 0 Å². The molecule has 1 aliphatic carbocycles. The first-order chi connectivity index (χ1) is 14.2. The number of β-amino-alcohol motifs (C(OH)–C–C–N with tert-alkyl or cyclic N) is 1. The van der Waals surface area contributed by atoms with Gasteiger partial charge in [0.05, 0.1) is 19.4 Å². The number of carbonyl (C=O) groups excluding carboxylic acids is 2. The molecule has 0 unspecified atom stereocenters. The van der Waals surface area contributed by atoms with Gasteiger partial charge in [0, 0.05) is 24.2 Å². The third-order valence-electron chi connectivity index (χ3n) is 4.82. The fourth-order valence-electron chi connectivity index (χ4n) is 3.10. The van der Waals surface area contributed by atoms with Gasteiger partial charge in [0.25, 0.3) is 5.91 Å². The summed E-state index contributed by atoms with van der Waals surface area (Å²) in [7, 11) is 1.39. The number of rotatable bonds is 5. The van der Waals surface area contributed by atoms with Gasteiger partial charge in [0.15, 0.2) is 5.82 Å². The highest BCUT2D eigenvalue weighted by atomic mass is 19.4. The highest BCUT2D eigenvalue weighted by molar-refractivity contribution is 6.13. The monoisotopic (exact) mass is 422 g/mol. The molecule has 158 valence electrons. The number of imide groups is 1. The number of pyridine rings is 1. The highest BCUT2D eigenvalue weighted by Crippen LogP contribution is 2.41. The minimum Gasteiger partial charge on any atom is -0.395 e. The molecule has 3 heterocycles. The zero-order chi connectivity index (χ0) is 21.6. The van der Waals surface area contributed by atoms with Crippen LogP contribution in [0, 0.1) is 0 Å². The smallest absolute Gasteiger partial charge is 0.395 e. The SMILES string of the molecule is CN1C(=O)N(CCO)C(=O)/C1=C/n1cnc(-c2cc(C3CC3)nc(C(F)(F)F)c2)n1. The molecule has 30 heavy (non-hydrogen) atoms. The number of carbonyl (C=O) groups is 2. The molecule has 0 bridgehead atoms. The first-order valence-electron chi connectivity index (χ1n) is 9.12. The van der Waals surface area contributed by atoms with E-state index in [1.807, 2.05) is 0 Å². The molecule has 0 atom stereocenters. The van der Waals surface area contributed by atoms with Gasteiger partial charge in [-0.25, -0.2) is 19.4 Å². The van der Waals surface area contributed by atoms with Crippen molar-refractivity contribution < 1.29 is 27.9 Å². The zero-order valence-electron chi connectivity index (χ0n) is 15.8. The van der Waals surface area contributed by atoms with Crippen molar-refractivity contribution in [1.29, 1.82) is 0 Å². The summed E-state index contributed by atoms with van der Waals surface area (Å²) in [6.07, 6.45) is -0.544. The number of amides is 3. The van der Waals surface area contributed by atoms with Crippen LogP contribution in [0.25, 0.3) is 17.6 Å². The Labute approximate surface area is 168 Å². The molecule has 1 saturated heterocycles. The largest absolute Gasteiger partial charge is 0.433 e. The van der Waals surface area contributed by atoms with Gasteiger partial charge < -0.3 is 5.11 Å². The summed E-state index contributed by atoms with van der Waals surface area (Å²) in [5, 5.41) is 13.1. The summed E-state index contributed by atoms with van der Waals surface area (Å²) in [6.45, 7) is -0.526. The summed E-state index contributed by atoms with van der Waals surface area (Å²) in [5.41, 5.74) is -0.493. The van der Waals surface area contributed by atoms with Crippen LogP contribution < -0.4 is 0 Å². The Morgan fingerprint density at radius 2 is 2.00 bits per heavy atom. The number of urea groups is 1. The molecule has 12 heteroatoms. The van der Waals surface area contributed by atoms with Crippen LogP contribution in [0.2, 0.25) is 0 Å². The molecule has 2 fully saturated rings. The predicted molar refractivity (Wildman–Crippen MR) is 96.5 cm³/mol. The average Bonchev–Trinajstić information content (AvgIpc) is 3.42. The summed E-state index contributed by atoms with van der Waals surface area (Å²) in [4.78, 5) is 34.2. The Balaban J connectivity index is 1.67. The molecule has 0 radical (unpaired) electrons. The molecule has 4 rings (SSSR count). The van der Waals surface area contributed by atoms with Gasteiger partial charge in [-0.15, -0.1) is 5.10 Å². The molecule has 1 N–H and O–H groups in total. The maximum absolute atomic E-state index is 13.2. The lowest BCUT2D eigenvalue weighted by atomic mass is 10.1. The van der Waals surface area contributed by atoms with E-state index in [-0.39, 0.29) is 36.2 Å². The van der Waals surface area contributed by atoms with Crippen LogP contribution >= 0.6 is 0 Å². The van der Waals surface area contributed by atoms with E-state index in [0.717, 1.165) is 33.4 Å². The molecule has 3 amide bonds. The third-order valence-corrected chi connectivity index (χ3v) is 4.82. The second-order valence-corrected chi connectivity index (χ2v) is 7.02. The van der Waals surface area contributed by atoms with E-state index in [1.54, 1.807) is 6.07 Å². The van der Waals surface area contributed by atoms with Crippen LogP contribution in [-0.4, -0.2) is 66.8 Å². The predicted octanol–water partition coefficient (Wildman–Crippen LogP) is 1.92. The summed E-state index contributed by atoms with van der Waals surface area (Å²) >= 11 is 0. The average molecular weight is 422 g/mol. The number of halogens is 3. The van der Waals surface area contributed by atoms with E-state index >= 15 is 0 Å². The molecule has 2 aliphatic rings. The Morgan fingerprint density at radius 3 is 2.63 bits per heavy atom. The van der Waals surface area contributed by atoms with E-state index in [9.17, 15) is 22.8 Å². The maximum atomic E-state index is 13.2. The van der Waals surface area contributed by atoms with E-state index in [4.69, 9.17) is 5.11 Å². The maximum Gasteiger partial charge on any atom is 0.433 e. The van der Waals surface area contributed by atoms with Crippen molar-refractivity contribution in [3.8, 4) is 11.4 Å². The normalized spacial score (nSPS) is 18.8. The fraction of sp³-hybridized carbons (Fsp3) is 0.389. The van der Waals surface area contributed by atoms with Crippen molar-refractivity contribution in [2.24, 2.45) is 0 Å². The number of hydrogen-bond acceptors (Lipinski definition) is 6. The van der Waals surface area contributed by atoms with Crippen LogP contribution in [0.1, 0.15) is 30.1 Å². The van der Waals surface area contributed by atoms with Gasteiger partial charge in [0.1, 0.15) is 17.7 Å². The quantitative estimate of drug-likeness (QED) is 0.583. The first-order valence-corrected chi connectivity index (χ1v) is 9.12. The molecule has 2 aromatic heterocycles. The zero-order valence-corrected chi connectivity index (χ0v) is 15.8. The minimum absolute atomic E-state index is 0.00327. The van der Waals surface area contributed by atoms with Gasteiger partial charge in [-0.3, -0.25) is 14.6 Å². The standard InChI is InChI=1S/C18H17F3N6O3/c1-25-13(16(29)27(4-5-28)17(25)30)8-26-9-22-15(24-26)11-6-12(10-2-3-10)23-14(7-11)18(19,20)21/h6-10,28H,2-5H2,1H3/b13-8-. The van der Waals surface area contributed by atoms with Crippen LogP contribution in [0.4, 0.5) is 18.0 Å². The molecule has 1 aliphatic heterocycles. The van der Waals surface area contributed by atoms with Crippen LogP contribution in [0.3, 0.4) is 0 Å². The topological polar surface area (TPSA) is 104 Å². The van der Waals surface area contributed by atoms with Gasteiger partial charge >= 0.3 is 12.2 Å². The number of aliphatic hydroxyl groups is 1. The third kappa shape index (κ3) is 3.65. The second kappa shape index (κ2) is 7.20. The number of aliphatic hydroxyl groups excluding tert-OH is 1. The Bertz CT molecular complexity index is 1040. The number of hydrogen-bond donors (Lipinski definition) is 1. The van der Waals surface area contributed by atoms with E-state index in [0.29, 0.717) is 5.69 Å². The lowest BCUT2D eigenvalue weighted by Crippen LogP contribution is -2.33.